The Hall–Kier alpha value is -3.10. The molecule has 0 aliphatic heterocycles. The SMILES string of the molecule is CCCC(C)NC(=O)C(c1ccccc1C)N(CCC)C(=O)C(CCC(N)=O)NC(=O)OC(C)(C)C. The Labute approximate surface area is 215 Å². The fourth-order valence-corrected chi connectivity index (χ4v) is 3.97. The molecule has 4 amide bonds. The number of alkyl carbamates (subject to hydrolysis) is 1. The highest BCUT2D eigenvalue weighted by molar-refractivity contribution is 5.92. The van der Waals surface area contributed by atoms with Crippen molar-refractivity contribution in [2.45, 2.75) is 104 Å². The van der Waals surface area contributed by atoms with Crippen LogP contribution in [0.2, 0.25) is 0 Å². The van der Waals surface area contributed by atoms with E-state index in [0.29, 0.717) is 12.0 Å². The van der Waals surface area contributed by atoms with Gasteiger partial charge in [-0.1, -0.05) is 44.5 Å². The van der Waals surface area contributed by atoms with Crippen LogP contribution >= 0.6 is 0 Å². The monoisotopic (exact) mass is 504 g/mol. The van der Waals surface area contributed by atoms with Crippen LogP contribution in [-0.4, -0.2) is 52.9 Å². The van der Waals surface area contributed by atoms with Crippen molar-refractivity contribution in [3.05, 3.63) is 35.4 Å². The number of rotatable bonds is 13. The topological polar surface area (TPSA) is 131 Å². The number of ether oxygens (including phenoxy) is 1. The van der Waals surface area contributed by atoms with E-state index in [2.05, 4.69) is 10.6 Å². The minimum absolute atomic E-state index is 0.0119. The van der Waals surface area contributed by atoms with Crippen LogP contribution in [-0.2, 0) is 19.1 Å². The molecule has 202 valence electrons. The van der Waals surface area contributed by atoms with Gasteiger partial charge in [-0.15, -0.1) is 0 Å². The summed E-state index contributed by atoms with van der Waals surface area (Å²) in [5, 5.41) is 5.64. The van der Waals surface area contributed by atoms with Gasteiger partial charge in [0, 0.05) is 19.0 Å². The van der Waals surface area contributed by atoms with Crippen LogP contribution in [0.15, 0.2) is 24.3 Å². The number of primary amides is 1. The second kappa shape index (κ2) is 14.5. The average molecular weight is 505 g/mol. The molecule has 0 aromatic heterocycles. The van der Waals surface area contributed by atoms with E-state index in [1.165, 1.54) is 4.90 Å². The molecule has 0 saturated heterocycles. The van der Waals surface area contributed by atoms with Crippen LogP contribution in [0.5, 0.6) is 0 Å². The van der Waals surface area contributed by atoms with Gasteiger partial charge in [0.2, 0.25) is 17.7 Å². The first-order valence-corrected chi connectivity index (χ1v) is 12.7. The summed E-state index contributed by atoms with van der Waals surface area (Å²) in [4.78, 5) is 53.1. The first-order chi connectivity index (χ1) is 16.8. The van der Waals surface area contributed by atoms with Gasteiger partial charge in [-0.25, -0.2) is 4.79 Å². The van der Waals surface area contributed by atoms with Crippen LogP contribution < -0.4 is 16.4 Å². The van der Waals surface area contributed by atoms with E-state index in [0.717, 1.165) is 18.4 Å². The van der Waals surface area contributed by atoms with Gasteiger partial charge in [-0.2, -0.15) is 0 Å². The lowest BCUT2D eigenvalue weighted by Crippen LogP contribution is -2.54. The zero-order valence-corrected chi connectivity index (χ0v) is 22.8. The number of hydrogen-bond donors (Lipinski definition) is 3. The Balaban J connectivity index is 3.45. The molecular weight excluding hydrogens is 460 g/mol. The molecule has 0 radical (unpaired) electrons. The van der Waals surface area contributed by atoms with E-state index < -0.39 is 35.6 Å². The molecule has 0 bridgehead atoms. The van der Waals surface area contributed by atoms with Gasteiger partial charge in [-0.05, 0) is 65.0 Å². The fraction of sp³-hybridized carbons (Fsp3) is 0.630. The quantitative estimate of drug-likeness (QED) is 0.377. The van der Waals surface area contributed by atoms with Gasteiger partial charge in [0.05, 0.1) is 0 Å². The Morgan fingerprint density at radius 3 is 2.19 bits per heavy atom. The molecule has 0 aliphatic rings. The van der Waals surface area contributed by atoms with Gasteiger partial charge in [-0.3, -0.25) is 14.4 Å². The zero-order valence-electron chi connectivity index (χ0n) is 22.8. The molecule has 4 N–H and O–H groups in total. The van der Waals surface area contributed by atoms with Crippen molar-refractivity contribution < 1.29 is 23.9 Å². The highest BCUT2D eigenvalue weighted by Crippen LogP contribution is 2.26. The van der Waals surface area contributed by atoms with E-state index >= 15 is 0 Å². The van der Waals surface area contributed by atoms with Crippen molar-refractivity contribution in [2.24, 2.45) is 5.73 Å². The number of hydrogen-bond acceptors (Lipinski definition) is 5. The summed E-state index contributed by atoms with van der Waals surface area (Å²) in [5.41, 5.74) is 6.13. The van der Waals surface area contributed by atoms with Gasteiger partial charge in [0.25, 0.3) is 0 Å². The van der Waals surface area contributed by atoms with E-state index in [1.807, 2.05) is 52.0 Å². The lowest BCUT2D eigenvalue weighted by atomic mass is 9.97. The molecule has 0 aliphatic carbocycles. The third-order valence-electron chi connectivity index (χ3n) is 5.57. The van der Waals surface area contributed by atoms with Gasteiger partial charge < -0.3 is 26.0 Å². The zero-order chi connectivity index (χ0) is 27.5. The maximum Gasteiger partial charge on any atom is 0.408 e. The fourth-order valence-electron chi connectivity index (χ4n) is 3.97. The second-order valence-electron chi connectivity index (χ2n) is 10.2. The first-order valence-electron chi connectivity index (χ1n) is 12.7. The molecule has 0 fully saturated rings. The van der Waals surface area contributed by atoms with E-state index in [4.69, 9.17) is 10.5 Å². The summed E-state index contributed by atoms with van der Waals surface area (Å²) in [6.07, 6.45) is 1.39. The Kier molecular flexibility index (Phi) is 12.4. The molecule has 3 atom stereocenters. The minimum atomic E-state index is -1.09. The molecule has 36 heavy (non-hydrogen) atoms. The molecule has 0 heterocycles. The molecule has 1 aromatic rings. The summed E-state index contributed by atoms with van der Waals surface area (Å²) >= 11 is 0. The lowest BCUT2D eigenvalue weighted by molar-refractivity contribution is -0.143. The number of nitrogens with one attached hydrogen (secondary N) is 2. The molecule has 1 rings (SSSR count). The summed E-state index contributed by atoms with van der Waals surface area (Å²) in [5.74, 6) is -1.36. The molecule has 1 aromatic carbocycles. The van der Waals surface area contributed by atoms with Crippen LogP contribution in [0.25, 0.3) is 0 Å². The Bertz CT molecular complexity index is 896. The van der Waals surface area contributed by atoms with Crippen LogP contribution in [0.3, 0.4) is 0 Å². The van der Waals surface area contributed by atoms with Crippen LogP contribution in [0.1, 0.15) is 90.8 Å². The summed E-state index contributed by atoms with van der Waals surface area (Å²) in [6, 6.07) is 5.36. The molecule has 3 unspecified atom stereocenters. The standard InChI is InChI=1S/C27H44N4O5/c1-8-12-19(4)29-24(33)23(20-14-11-10-13-18(20)3)31(17-9-2)25(34)21(15-16-22(28)32)30-26(35)36-27(5,6)7/h10-11,13-14,19,21,23H,8-9,12,15-17H2,1-7H3,(H2,28,32)(H,29,33)(H,30,35). The number of carbonyl (C=O) groups excluding carboxylic acids is 4. The third-order valence-corrected chi connectivity index (χ3v) is 5.57. The van der Waals surface area contributed by atoms with Crippen LogP contribution in [0, 0.1) is 6.92 Å². The highest BCUT2D eigenvalue weighted by Gasteiger charge is 2.36. The predicted octanol–water partition coefficient (Wildman–Crippen LogP) is 3.74. The van der Waals surface area contributed by atoms with Gasteiger partial charge in [0.15, 0.2) is 0 Å². The van der Waals surface area contributed by atoms with Crippen LogP contribution in [0.4, 0.5) is 4.79 Å². The third kappa shape index (κ3) is 10.3. The Morgan fingerprint density at radius 1 is 1.03 bits per heavy atom. The van der Waals surface area contributed by atoms with Crippen molar-refractivity contribution in [1.82, 2.24) is 15.5 Å². The normalized spacial score (nSPS) is 13.8. The Morgan fingerprint density at radius 2 is 1.67 bits per heavy atom. The molecule has 0 saturated carbocycles. The second-order valence-corrected chi connectivity index (χ2v) is 10.2. The smallest absolute Gasteiger partial charge is 0.408 e. The van der Waals surface area contributed by atoms with Crippen molar-refractivity contribution >= 4 is 23.8 Å². The number of amides is 4. The van der Waals surface area contributed by atoms with Gasteiger partial charge in [0.1, 0.15) is 17.7 Å². The number of nitrogens with two attached hydrogens (primary N) is 1. The van der Waals surface area contributed by atoms with Crippen molar-refractivity contribution in [3.63, 3.8) is 0 Å². The van der Waals surface area contributed by atoms with E-state index in [-0.39, 0.29) is 31.3 Å². The molecular formula is C27H44N4O5. The summed E-state index contributed by atoms with van der Waals surface area (Å²) in [6.45, 7) is 13.2. The summed E-state index contributed by atoms with van der Waals surface area (Å²) in [7, 11) is 0. The lowest BCUT2D eigenvalue weighted by Gasteiger charge is -2.35. The number of benzene rings is 1. The minimum Gasteiger partial charge on any atom is -0.444 e. The summed E-state index contributed by atoms with van der Waals surface area (Å²) < 4.78 is 5.34. The largest absolute Gasteiger partial charge is 0.444 e. The maximum absolute atomic E-state index is 13.9. The average Bonchev–Trinajstić information content (AvgIpc) is 2.75. The first kappa shape index (κ1) is 30.9. The maximum atomic E-state index is 13.9. The van der Waals surface area contributed by atoms with Crippen molar-refractivity contribution in [1.29, 1.82) is 0 Å². The van der Waals surface area contributed by atoms with E-state index in [9.17, 15) is 19.2 Å². The predicted molar refractivity (Wildman–Crippen MR) is 140 cm³/mol. The van der Waals surface area contributed by atoms with Crippen molar-refractivity contribution in [2.75, 3.05) is 6.54 Å². The van der Waals surface area contributed by atoms with Gasteiger partial charge >= 0.3 is 6.09 Å². The van der Waals surface area contributed by atoms with E-state index in [1.54, 1.807) is 20.8 Å². The molecule has 9 heteroatoms. The number of aryl methyl sites for hydroxylation is 1. The number of nitrogens with zero attached hydrogens (tertiary/aromatic N) is 1. The number of carbonyl (C=O) groups is 4. The van der Waals surface area contributed by atoms with Crippen molar-refractivity contribution in [3.8, 4) is 0 Å². The highest BCUT2D eigenvalue weighted by atomic mass is 16.6. The molecule has 9 nitrogen and oxygen atoms in total. The molecule has 0 spiro atoms.